The van der Waals surface area contributed by atoms with Gasteiger partial charge in [0.1, 0.15) is 24.4 Å². The van der Waals surface area contributed by atoms with Crippen molar-refractivity contribution in [1.82, 2.24) is 14.6 Å². The lowest BCUT2D eigenvalue weighted by Gasteiger charge is -2.28. The number of aliphatic hydroxyl groups is 2. The number of aromatic nitrogens is 2. The fourth-order valence-electron chi connectivity index (χ4n) is 2.74. The van der Waals surface area contributed by atoms with Crippen molar-refractivity contribution in [3.05, 3.63) is 33.1 Å². The first-order valence-electron chi connectivity index (χ1n) is 9.09. The van der Waals surface area contributed by atoms with E-state index in [1.807, 2.05) is 4.98 Å². The van der Waals surface area contributed by atoms with Crippen molar-refractivity contribution in [2.75, 3.05) is 13.7 Å². The Bertz CT molecular complexity index is 904. The van der Waals surface area contributed by atoms with Gasteiger partial charge >= 0.3 is 11.7 Å². The summed E-state index contributed by atoms with van der Waals surface area (Å²) >= 11 is 5.44. The number of ether oxygens (including phenoxy) is 2. The summed E-state index contributed by atoms with van der Waals surface area (Å²) in [4.78, 5) is 36.9. The minimum atomic E-state index is -3.21. The number of aliphatic hydroxyl groups excluding tert-OH is 2. The van der Waals surface area contributed by atoms with Gasteiger partial charge in [-0.25, -0.2) is 9.88 Å². The Balaban J connectivity index is 2.13. The van der Waals surface area contributed by atoms with Gasteiger partial charge in [0.05, 0.1) is 19.8 Å². The normalized spacial score (nSPS) is 27.0. The second-order valence-electron chi connectivity index (χ2n) is 6.89. The van der Waals surface area contributed by atoms with Gasteiger partial charge in [-0.2, -0.15) is 0 Å². The fourth-order valence-corrected chi connectivity index (χ4v) is 5.59. The molecule has 2 rings (SSSR count). The van der Waals surface area contributed by atoms with Gasteiger partial charge in [0.2, 0.25) is 0 Å². The van der Waals surface area contributed by atoms with Crippen LogP contribution in [0.15, 0.2) is 21.9 Å². The predicted molar refractivity (Wildman–Crippen MR) is 108 cm³/mol. The zero-order chi connectivity index (χ0) is 22.6. The van der Waals surface area contributed by atoms with Crippen LogP contribution in [-0.4, -0.2) is 69.9 Å². The van der Waals surface area contributed by atoms with E-state index < -0.39 is 54.4 Å². The minimum Gasteiger partial charge on any atom is -0.468 e. The second kappa shape index (κ2) is 10.2. The van der Waals surface area contributed by atoms with Crippen molar-refractivity contribution in [2.45, 2.75) is 57.5 Å². The molecule has 0 aliphatic carbocycles. The number of esters is 1. The van der Waals surface area contributed by atoms with Crippen LogP contribution in [0.5, 0.6) is 0 Å². The predicted octanol–water partition coefficient (Wildman–Crippen LogP) is -1.03. The van der Waals surface area contributed by atoms with Crippen molar-refractivity contribution in [3.8, 4) is 0 Å². The van der Waals surface area contributed by atoms with Crippen LogP contribution < -0.4 is 16.3 Å². The first-order chi connectivity index (χ1) is 14.0. The van der Waals surface area contributed by atoms with Crippen molar-refractivity contribution < 1.29 is 33.5 Å². The molecule has 0 amide bonds. The maximum Gasteiger partial charge on any atom is 0.330 e. The van der Waals surface area contributed by atoms with Crippen molar-refractivity contribution in [1.29, 1.82) is 0 Å². The van der Waals surface area contributed by atoms with Crippen LogP contribution in [0, 0.1) is 0 Å². The van der Waals surface area contributed by atoms with Crippen LogP contribution in [0.2, 0.25) is 0 Å². The molecule has 30 heavy (non-hydrogen) atoms. The summed E-state index contributed by atoms with van der Waals surface area (Å²) in [6, 6.07) is 0.272. The SMILES string of the molecule is COC(=O)C(C)NP(=S)(OC[C@H]1O[C@@H](n2ccc(=O)[nH]c2=O)[C@H](O)[C@@H]1O)OC(C)C. The van der Waals surface area contributed by atoms with Gasteiger partial charge in [0, 0.05) is 12.3 Å². The molecule has 0 radical (unpaired) electrons. The summed E-state index contributed by atoms with van der Waals surface area (Å²) < 4.78 is 22.5. The van der Waals surface area contributed by atoms with Crippen LogP contribution in [0.25, 0.3) is 0 Å². The summed E-state index contributed by atoms with van der Waals surface area (Å²) in [5.74, 6) is -0.565. The molecule has 1 aromatic rings. The molecule has 0 spiro atoms. The standard InChI is InChI=1S/C16H26N3O9PS/c1-8(2)28-29(30,18-9(3)15(23)25-4)26-7-10-12(21)13(22)14(27-10)19-6-5-11(20)17-16(19)24/h5-6,8-10,12-14,21-22H,7H2,1-4H3,(H,18,30)(H,17,20,24)/t9?,10-,12-,13-,14-,29?/m1/s1. The van der Waals surface area contributed by atoms with Crippen LogP contribution in [0.1, 0.15) is 27.0 Å². The molecule has 1 aliphatic heterocycles. The Morgan fingerprint density at radius 1 is 1.37 bits per heavy atom. The van der Waals surface area contributed by atoms with Crippen molar-refractivity contribution in [3.63, 3.8) is 0 Å². The highest BCUT2D eigenvalue weighted by Gasteiger charge is 2.45. The van der Waals surface area contributed by atoms with E-state index in [-0.39, 0.29) is 12.7 Å². The number of hydrogen-bond donors (Lipinski definition) is 4. The molecule has 12 nitrogen and oxygen atoms in total. The number of aromatic amines is 1. The second-order valence-corrected chi connectivity index (χ2v) is 10.0. The third kappa shape index (κ3) is 6.05. The summed E-state index contributed by atoms with van der Waals surface area (Å²) in [5.41, 5.74) is -1.41. The molecule has 170 valence electrons. The zero-order valence-electron chi connectivity index (χ0n) is 16.9. The number of hydrogen-bond acceptors (Lipinski definition) is 10. The van der Waals surface area contributed by atoms with E-state index in [1.165, 1.54) is 14.0 Å². The molecule has 1 fully saturated rings. The third-order valence-corrected chi connectivity index (χ3v) is 6.91. The Kier molecular flexibility index (Phi) is 8.48. The molecule has 2 heterocycles. The third-order valence-electron chi connectivity index (χ3n) is 4.13. The number of nitrogens with zero attached hydrogens (tertiary/aromatic N) is 1. The summed E-state index contributed by atoms with van der Waals surface area (Å²) in [6.45, 7) is 1.49. The van der Waals surface area contributed by atoms with E-state index in [9.17, 15) is 24.6 Å². The smallest absolute Gasteiger partial charge is 0.330 e. The Labute approximate surface area is 177 Å². The zero-order valence-corrected chi connectivity index (χ0v) is 18.6. The topological polar surface area (TPSA) is 161 Å². The van der Waals surface area contributed by atoms with Crippen molar-refractivity contribution in [2.24, 2.45) is 0 Å². The molecule has 14 heteroatoms. The summed E-state index contributed by atoms with van der Waals surface area (Å²) in [5, 5.41) is 23.4. The van der Waals surface area contributed by atoms with Gasteiger partial charge in [-0.1, -0.05) is 0 Å². The molecule has 0 saturated carbocycles. The lowest BCUT2D eigenvalue weighted by molar-refractivity contribution is -0.142. The van der Waals surface area contributed by atoms with Gasteiger partial charge in [0.25, 0.3) is 12.2 Å². The van der Waals surface area contributed by atoms with Gasteiger partial charge in [0.15, 0.2) is 6.23 Å². The number of nitrogens with one attached hydrogen (secondary N) is 2. The van der Waals surface area contributed by atoms with E-state index >= 15 is 0 Å². The van der Waals surface area contributed by atoms with Crippen LogP contribution in [0.3, 0.4) is 0 Å². The number of methoxy groups -OCH3 is 1. The highest BCUT2D eigenvalue weighted by Crippen LogP contribution is 2.47. The van der Waals surface area contributed by atoms with E-state index in [1.54, 1.807) is 13.8 Å². The highest BCUT2D eigenvalue weighted by molar-refractivity contribution is 8.09. The van der Waals surface area contributed by atoms with E-state index in [0.29, 0.717) is 0 Å². The monoisotopic (exact) mass is 467 g/mol. The fraction of sp³-hybridized carbons (Fsp3) is 0.688. The molecule has 0 aromatic carbocycles. The average molecular weight is 467 g/mol. The van der Waals surface area contributed by atoms with Crippen molar-refractivity contribution >= 4 is 24.4 Å². The quantitative estimate of drug-likeness (QED) is 0.260. The lowest BCUT2D eigenvalue weighted by Crippen LogP contribution is -2.38. The molecule has 6 atom stereocenters. The molecular formula is C16H26N3O9PS. The Morgan fingerprint density at radius 2 is 2.03 bits per heavy atom. The van der Waals surface area contributed by atoms with Gasteiger partial charge in [-0.3, -0.25) is 19.1 Å². The number of carbonyl (C=O) groups is 1. The highest BCUT2D eigenvalue weighted by atomic mass is 32.5. The van der Waals surface area contributed by atoms with Gasteiger partial charge in [-0.15, -0.1) is 0 Å². The van der Waals surface area contributed by atoms with Crippen LogP contribution in [0.4, 0.5) is 0 Å². The van der Waals surface area contributed by atoms with Gasteiger partial charge < -0.3 is 28.7 Å². The number of carbonyl (C=O) groups excluding carboxylic acids is 1. The van der Waals surface area contributed by atoms with E-state index in [2.05, 4.69) is 9.82 Å². The largest absolute Gasteiger partial charge is 0.468 e. The van der Waals surface area contributed by atoms with Crippen LogP contribution >= 0.6 is 6.64 Å². The maximum atomic E-state index is 12.0. The molecule has 2 unspecified atom stereocenters. The molecule has 0 bridgehead atoms. The molecular weight excluding hydrogens is 441 g/mol. The van der Waals surface area contributed by atoms with Crippen LogP contribution in [-0.2, 0) is 35.1 Å². The lowest BCUT2D eigenvalue weighted by atomic mass is 10.1. The maximum absolute atomic E-state index is 12.0. The number of rotatable bonds is 9. The molecule has 1 aliphatic rings. The Morgan fingerprint density at radius 3 is 2.60 bits per heavy atom. The minimum absolute atomic E-state index is 0.294. The molecule has 1 aromatic heterocycles. The average Bonchev–Trinajstić information content (AvgIpc) is 2.93. The Hall–Kier alpha value is -1.44. The summed E-state index contributed by atoms with van der Waals surface area (Å²) in [7, 11) is 1.23. The first-order valence-corrected chi connectivity index (χ1v) is 11.7. The molecule has 1 saturated heterocycles. The van der Waals surface area contributed by atoms with Gasteiger partial charge in [-0.05, 0) is 32.6 Å². The van der Waals surface area contributed by atoms with E-state index in [4.69, 9.17) is 25.6 Å². The summed E-state index contributed by atoms with van der Waals surface area (Å²) in [6.07, 6.45) is -4.36. The number of H-pyrrole nitrogens is 1. The van der Waals surface area contributed by atoms with E-state index in [0.717, 1.165) is 16.8 Å². The first kappa shape index (κ1) is 24.8. The molecule has 4 N–H and O–H groups in total.